The Labute approximate surface area is 66.1 Å². The molecule has 0 bridgehead atoms. The molecule has 0 aromatic heterocycles. The number of halogens is 1. The average Bonchev–Trinajstić information content (AvgIpc) is 0.722. The van der Waals surface area contributed by atoms with E-state index in [4.69, 9.17) is 17.5 Å². The standard InChI is InChI=1S/ClH.In.H2O4S/c;;1-5(2,3)4/h1H;;(H2,1,2,3,4)/q;+3;/p-3. The van der Waals surface area contributed by atoms with Gasteiger partial charge in [-0.3, -0.25) is 8.42 Å². The van der Waals surface area contributed by atoms with E-state index in [0.717, 1.165) is 0 Å². The summed E-state index contributed by atoms with van der Waals surface area (Å²) in [7, 11) is -5.17. The molecule has 0 aromatic rings. The van der Waals surface area contributed by atoms with Gasteiger partial charge in [0.1, 0.15) is 0 Å². The fraction of sp³-hybridized carbons (Fsp3) is 0. The third-order valence-electron chi connectivity index (χ3n) is 0. The maximum absolute atomic E-state index is 8.52. The minimum absolute atomic E-state index is 0. The van der Waals surface area contributed by atoms with E-state index in [9.17, 15) is 0 Å². The molecule has 0 saturated carbocycles. The molecule has 0 atom stereocenters. The smallest absolute Gasteiger partial charge is 1.00 e. The molecular weight excluding hydrogens is 246 g/mol. The average molecular weight is 246 g/mol. The van der Waals surface area contributed by atoms with Crippen LogP contribution in [0.5, 0.6) is 0 Å². The minimum atomic E-state index is -5.17. The van der Waals surface area contributed by atoms with Crippen LogP contribution in [-0.4, -0.2) is 43.4 Å². The molecule has 0 aliphatic carbocycles. The first-order chi connectivity index (χ1) is 2.00. The van der Waals surface area contributed by atoms with Crippen molar-refractivity contribution in [2.75, 3.05) is 0 Å². The largest absolute Gasteiger partial charge is 3.00 e. The monoisotopic (exact) mass is 246 g/mol. The Hall–Kier alpha value is 1.03. The Morgan fingerprint density at radius 1 is 1.14 bits per heavy atom. The van der Waals surface area contributed by atoms with E-state index in [0.29, 0.717) is 0 Å². The van der Waals surface area contributed by atoms with Gasteiger partial charge in [0.05, 0.1) is 0 Å². The van der Waals surface area contributed by atoms with Gasteiger partial charge in [-0.1, -0.05) is 0 Å². The van der Waals surface area contributed by atoms with E-state index in [1.54, 1.807) is 0 Å². The third-order valence-corrected chi connectivity index (χ3v) is 0. The van der Waals surface area contributed by atoms with E-state index in [-0.39, 0.29) is 38.3 Å². The van der Waals surface area contributed by atoms with Crippen LogP contribution in [0.4, 0.5) is 0 Å². The van der Waals surface area contributed by atoms with E-state index in [1.807, 2.05) is 0 Å². The summed E-state index contributed by atoms with van der Waals surface area (Å²) in [4.78, 5) is 0. The Balaban J connectivity index is -0.0000000800. The summed E-state index contributed by atoms with van der Waals surface area (Å²) in [5, 5.41) is 0. The molecule has 0 radical (unpaired) electrons. The van der Waals surface area contributed by atoms with Crippen molar-refractivity contribution in [1.29, 1.82) is 0 Å². The summed E-state index contributed by atoms with van der Waals surface area (Å²) in [5.41, 5.74) is 0. The summed E-state index contributed by atoms with van der Waals surface area (Å²) < 4.78 is 34.1. The number of hydrogen-bond acceptors (Lipinski definition) is 4. The Morgan fingerprint density at radius 3 is 1.14 bits per heavy atom. The first kappa shape index (κ1) is 15.7. The van der Waals surface area contributed by atoms with E-state index in [1.165, 1.54) is 0 Å². The number of rotatable bonds is 0. The normalized spacial score (nSPS) is 8.29. The van der Waals surface area contributed by atoms with Crippen LogP contribution in [0.1, 0.15) is 0 Å². The molecule has 0 heterocycles. The van der Waals surface area contributed by atoms with Crippen molar-refractivity contribution >= 4 is 36.2 Å². The molecule has 0 saturated heterocycles. The molecule has 7 heteroatoms. The van der Waals surface area contributed by atoms with Crippen LogP contribution in [0, 0.1) is 0 Å². The number of hydrogen-bond donors (Lipinski definition) is 0. The van der Waals surface area contributed by atoms with Crippen molar-refractivity contribution in [2.24, 2.45) is 0 Å². The topological polar surface area (TPSA) is 80.3 Å². The Bertz CT molecular complexity index is 94.9. The van der Waals surface area contributed by atoms with Crippen molar-refractivity contribution in [3.8, 4) is 0 Å². The maximum atomic E-state index is 8.52. The van der Waals surface area contributed by atoms with Crippen molar-refractivity contribution in [2.45, 2.75) is 0 Å². The van der Waals surface area contributed by atoms with Crippen molar-refractivity contribution in [3.63, 3.8) is 0 Å². The van der Waals surface area contributed by atoms with Gasteiger partial charge >= 0.3 is 25.8 Å². The van der Waals surface area contributed by atoms with Crippen LogP contribution >= 0.6 is 0 Å². The van der Waals surface area contributed by atoms with Crippen LogP contribution < -0.4 is 12.4 Å². The summed E-state index contributed by atoms with van der Waals surface area (Å²) >= 11 is 0. The van der Waals surface area contributed by atoms with E-state index in [2.05, 4.69) is 0 Å². The quantitative estimate of drug-likeness (QED) is 0.318. The zero-order chi connectivity index (χ0) is 4.50. The van der Waals surface area contributed by atoms with Gasteiger partial charge in [0, 0.05) is 10.4 Å². The fourth-order valence-corrected chi connectivity index (χ4v) is 0. The molecule has 0 rings (SSSR count). The third kappa shape index (κ3) is 168. The molecule has 7 heavy (non-hydrogen) atoms. The van der Waals surface area contributed by atoms with Gasteiger partial charge in [-0.25, -0.2) is 0 Å². The van der Waals surface area contributed by atoms with Gasteiger partial charge < -0.3 is 21.5 Å². The van der Waals surface area contributed by atoms with Gasteiger partial charge in [0.2, 0.25) is 0 Å². The van der Waals surface area contributed by atoms with Crippen LogP contribution in [0.3, 0.4) is 0 Å². The first-order valence-corrected chi connectivity index (χ1v) is 2.00. The predicted molar refractivity (Wildman–Crippen MR) is 16.2 cm³/mol. The molecule has 4 nitrogen and oxygen atoms in total. The SMILES string of the molecule is O=S(=O)([O-])[O-].[Cl-].[In+3]. The van der Waals surface area contributed by atoms with Gasteiger partial charge in [0.25, 0.3) is 0 Å². The summed E-state index contributed by atoms with van der Waals surface area (Å²) in [6.07, 6.45) is 0. The van der Waals surface area contributed by atoms with Crippen LogP contribution in [0.25, 0.3) is 0 Å². The second kappa shape index (κ2) is 5.17. The summed E-state index contributed by atoms with van der Waals surface area (Å²) in [6, 6.07) is 0. The summed E-state index contributed by atoms with van der Waals surface area (Å²) in [5.74, 6) is 0. The Morgan fingerprint density at radius 2 is 1.14 bits per heavy atom. The molecule has 0 unspecified atom stereocenters. The van der Waals surface area contributed by atoms with Gasteiger partial charge in [-0.15, -0.1) is 0 Å². The maximum Gasteiger partial charge on any atom is 3.00 e. The molecule has 0 spiro atoms. The van der Waals surface area contributed by atoms with Crippen LogP contribution in [0.2, 0.25) is 0 Å². The molecule has 0 aliphatic rings. The first-order valence-electron chi connectivity index (χ1n) is 0.667. The van der Waals surface area contributed by atoms with Crippen molar-refractivity contribution in [1.82, 2.24) is 0 Å². The minimum Gasteiger partial charge on any atom is -1.00 e. The summed E-state index contributed by atoms with van der Waals surface area (Å²) in [6.45, 7) is 0. The van der Waals surface area contributed by atoms with Gasteiger partial charge in [-0.2, -0.15) is 0 Å². The van der Waals surface area contributed by atoms with Crippen molar-refractivity contribution in [3.05, 3.63) is 0 Å². The zero-order valence-electron chi connectivity index (χ0n) is 3.00. The fourth-order valence-electron chi connectivity index (χ4n) is 0. The molecule has 0 aliphatic heterocycles. The zero-order valence-corrected chi connectivity index (χ0v) is 7.86. The Kier molecular flexibility index (Phi) is 11.6. The predicted octanol–water partition coefficient (Wildman–Crippen LogP) is -4.71. The van der Waals surface area contributed by atoms with Gasteiger partial charge in [-0.05, 0) is 0 Å². The van der Waals surface area contributed by atoms with Gasteiger partial charge in [0.15, 0.2) is 0 Å². The molecular formula is ClInO4S. The second-order valence-electron chi connectivity index (χ2n) is 0.408. The second-order valence-corrected chi connectivity index (χ2v) is 1.22. The molecule has 0 fully saturated rings. The molecule has 0 aromatic carbocycles. The molecule has 40 valence electrons. The van der Waals surface area contributed by atoms with Crippen LogP contribution in [0.15, 0.2) is 0 Å². The van der Waals surface area contributed by atoms with Crippen molar-refractivity contribution < 1.29 is 29.9 Å². The van der Waals surface area contributed by atoms with E-state index < -0.39 is 10.4 Å². The molecule has 0 amide bonds. The van der Waals surface area contributed by atoms with Crippen LogP contribution in [-0.2, 0) is 10.4 Å². The van der Waals surface area contributed by atoms with E-state index >= 15 is 0 Å². The molecule has 0 N–H and O–H groups in total.